The zero-order valence-electron chi connectivity index (χ0n) is 69.0. The standard InChI is InChI=1S/C79H123FN14O19S/c1-17-48(8)68(92(13)75(105)66(46(4)5)89-73(103)67(47(6)7)90(10)11)59(110-15)38-63(98)94-42-53(37-56(94)69(111-16)49(9)70(100)85-41-57(95)51-26-29-58(109-14)54(80)36-51)113-77(107)84-33-35-91(12)78(108)112-43-50-24-27-52(28-25-50)86-71(101)55(22-21-32-83-76(82)106)87-72(102)65(45(2)3)88-62(97)23-19-18-20-34-93-64(99)39-60(74(93)104)114-44-79(30-31-79)40-61(81)96/h24-29,36,45-49,53,55-56,59-60,65-69H,17-23,30-35,37-44H2,1-16H3,(H2,81,96)(H,84,107)(H,85,100)(H,86,101)(H,87,102)(H,88,97)(H,89,103)(H3,82,83,106)/t48-,49+,53-,55-,56-,59+,60?,65-,66-,67-,68-,69+/m0/s1. The highest BCUT2D eigenvalue weighted by Gasteiger charge is 2.49. The third-order valence-electron chi connectivity index (χ3n) is 21.2. The van der Waals surface area contributed by atoms with Gasteiger partial charge in [0.05, 0.1) is 68.1 Å². The van der Waals surface area contributed by atoms with Crippen molar-refractivity contribution >= 4 is 101 Å². The quantitative estimate of drug-likeness (QED) is 0.0243. The monoisotopic (exact) mass is 1620 g/mol. The number of unbranched alkanes of at least 4 members (excludes halogenated alkanes) is 2. The number of anilines is 1. The molecule has 1 unspecified atom stereocenters. The van der Waals surface area contributed by atoms with E-state index < -0.39 is 138 Å². The number of nitrogens with two attached hydrogens (primary N) is 2. The number of urea groups is 1. The van der Waals surface area contributed by atoms with E-state index in [-0.39, 0.29) is 148 Å². The Morgan fingerprint density at radius 2 is 1.42 bits per heavy atom. The first-order chi connectivity index (χ1) is 53.8. The van der Waals surface area contributed by atoms with E-state index in [1.165, 1.54) is 71.9 Å². The first-order valence-electron chi connectivity index (χ1n) is 39.1. The van der Waals surface area contributed by atoms with Crippen LogP contribution in [-0.2, 0) is 73.5 Å². The fraction of sp³-hybridized carbons (Fsp3) is 0.671. The Hall–Kier alpha value is -9.22. The van der Waals surface area contributed by atoms with E-state index in [0.29, 0.717) is 42.7 Å². The number of methoxy groups -OCH3 is 3. The summed E-state index contributed by atoms with van der Waals surface area (Å²) in [5.74, 6) is -7.36. The molecule has 33 nitrogen and oxygen atoms in total. The molecule has 2 aliphatic heterocycles. The van der Waals surface area contributed by atoms with Gasteiger partial charge in [0.15, 0.2) is 17.3 Å². The molecule has 0 aromatic heterocycles. The number of carbonyl (C=O) groups excluding carboxylic acids is 14. The summed E-state index contributed by atoms with van der Waals surface area (Å²) in [7, 11) is 10.7. The van der Waals surface area contributed by atoms with Gasteiger partial charge in [0.2, 0.25) is 59.1 Å². The minimum absolute atomic E-state index is 0.0165. The predicted molar refractivity (Wildman–Crippen MR) is 424 cm³/mol. The molecule has 0 spiro atoms. The molecule has 114 heavy (non-hydrogen) atoms. The summed E-state index contributed by atoms with van der Waals surface area (Å²) in [6.45, 7) is 15.6. The topological polar surface area (TPSA) is 438 Å². The second-order valence-electron chi connectivity index (χ2n) is 31.3. The highest BCUT2D eigenvalue weighted by atomic mass is 32.2. The number of benzene rings is 2. The SMILES string of the molecule is CC[C@H](C)[C@@H]([C@@H](CC(=O)N1C[C@@H](OC(=O)NCCN(C)C(=O)OCc2ccc(NC(=O)[C@H](CCCNC(N)=O)NC(=O)[C@@H](NC(=O)CCCCCN3C(=O)CC(SCC4(CC(N)=O)CC4)C3=O)C(C)C)cc2)C[C@H]1[C@H](OC)[C@@H](C)C(=O)NCC(=O)c1ccc(OC)c(F)c1)OC)N(C)C(=O)[C@@H](NC(=O)[C@H](C(C)C)N(C)C)C(C)C. The third kappa shape index (κ3) is 28.6. The van der Waals surface area contributed by atoms with Crippen LogP contribution in [0.2, 0.25) is 0 Å². The van der Waals surface area contributed by atoms with E-state index in [0.717, 1.165) is 18.9 Å². The van der Waals surface area contributed by atoms with E-state index in [1.807, 2.05) is 41.5 Å². The number of primary amides is 2. The number of amides is 14. The van der Waals surface area contributed by atoms with Gasteiger partial charge in [-0.25, -0.2) is 18.8 Å². The Kier molecular flexibility index (Phi) is 38.3. The van der Waals surface area contributed by atoms with Crippen molar-refractivity contribution in [1.82, 2.24) is 56.4 Å². The van der Waals surface area contributed by atoms with Crippen LogP contribution in [0, 0.1) is 40.8 Å². The summed E-state index contributed by atoms with van der Waals surface area (Å²) in [5, 5.41) is 18.5. The summed E-state index contributed by atoms with van der Waals surface area (Å²) in [6, 6.07) is 3.91. The van der Waals surface area contributed by atoms with Crippen LogP contribution in [-0.4, -0.2) is 262 Å². The van der Waals surface area contributed by atoms with Gasteiger partial charge in [0.1, 0.15) is 30.8 Å². The highest BCUT2D eigenvalue weighted by Crippen LogP contribution is 2.52. The average Bonchev–Trinajstić information content (AvgIpc) is 1.62. The Labute approximate surface area is 672 Å². The Morgan fingerprint density at radius 1 is 0.746 bits per heavy atom. The predicted octanol–water partition coefficient (Wildman–Crippen LogP) is 4.84. The number of thioether (sulfide) groups is 1. The first kappa shape index (κ1) is 95.4. The molecule has 1 saturated carbocycles. The van der Waals surface area contributed by atoms with Crippen molar-refractivity contribution in [2.75, 3.05) is 99.9 Å². The van der Waals surface area contributed by atoms with Gasteiger partial charge >= 0.3 is 18.2 Å². The number of hydrogen-bond acceptors (Lipinski definition) is 21. The zero-order valence-corrected chi connectivity index (χ0v) is 69.8. The minimum atomic E-state index is -1.14. The van der Waals surface area contributed by atoms with Gasteiger partial charge in [0.25, 0.3) is 0 Å². The first-order valence-corrected chi connectivity index (χ1v) is 40.2. The van der Waals surface area contributed by atoms with Crippen LogP contribution in [0.25, 0.3) is 0 Å². The number of imide groups is 1. The number of nitrogens with one attached hydrogen (secondary N) is 7. The van der Waals surface area contributed by atoms with Crippen molar-refractivity contribution < 1.29 is 95.2 Å². The Morgan fingerprint density at radius 3 is 2.00 bits per heavy atom. The molecular weight excluding hydrogens is 1500 g/mol. The molecule has 636 valence electrons. The molecule has 1 aliphatic carbocycles. The van der Waals surface area contributed by atoms with Crippen LogP contribution in [0.1, 0.15) is 162 Å². The van der Waals surface area contributed by atoms with Gasteiger partial charge in [0, 0.05) is 97.2 Å². The summed E-state index contributed by atoms with van der Waals surface area (Å²) < 4.78 is 43.1. The van der Waals surface area contributed by atoms with Crippen LogP contribution in [0.15, 0.2) is 42.5 Å². The molecule has 11 N–H and O–H groups in total. The molecule has 0 radical (unpaired) electrons. The number of likely N-dealkylation sites (tertiary alicyclic amines) is 2. The molecule has 14 amide bonds. The summed E-state index contributed by atoms with van der Waals surface area (Å²) >= 11 is 1.39. The normalized spacial score (nSPS) is 18.1. The smallest absolute Gasteiger partial charge is 0.409 e. The highest BCUT2D eigenvalue weighted by molar-refractivity contribution is 8.00. The van der Waals surface area contributed by atoms with Crippen molar-refractivity contribution in [3.8, 4) is 5.75 Å². The lowest BCUT2D eigenvalue weighted by Crippen LogP contribution is -2.59. The van der Waals surface area contributed by atoms with Gasteiger partial charge in [-0.1, -0.05) is 87.3 Å². The number of carbonyl (C=O) groups is 14. The van der Waals surface area contributed by atoms with Crippen molar-refractivity contribution in [2.45, 2.75) is 212 Å². The third-order valence-corrected chi connectivity index (χ3v) is 22.7. The number of ketones is 1. The molecule has 2 aromatic carbocycles. The lowest BCUT2D eigenvalue weighted by molar-refractivity contribution is -0.148. The molecule has 2 heterocycles. The molecule has 3 aliphatic rings. The van der Waals surface area contributed by atoms with Crippen LogP contribution in [0.5, 0.6) is 5.75 Å². The number of alkyl carbamates (subject to hydrolysis) is 1. The lowest BCUT2D eigenvalue weighted by Gasteiger charge is -2.41. The summed E-state index contributed by atoms with van der Waals surface area (Å²) in [4.78, 5) is 195. The molecule has 5 rings (SSSR count). The summed E-state index contributed by atoms with van der Waals surface area (Å²) in [5.41, 5.74) is 11.3. The van der Waals surface area contributed by atoms with E-state index in [9.17, 15) is 66.7 Å². The minimum Gasteiger partial charge on any atom is -0.494 e. The van der Waals surface area contributed by atoms with Gasteiger partial charge in [-0.05, 0) is 118 Å². The van der Waals surface area contributed by atoms with E-state index >= 15 is 4.79 Å². The van der Waals surface area contributed by atoms with Gasteiger partial charge < -0.3 is 87.1 Å². The molecule has 12 atom stereocenters. The molecular formula is C79H123FN14O19S. The molecule has 3 fully saturated rings. The van der Waals surface area contributed by atoms with Crippen LogP contribution in [0.3, 0.4) is 0 Å². The molecule has 2 saturated heterocycles. The molecule has 0 bridgehead atoms. The maximum Gasteiger partial charge on any atom is 0.409 e. The fourth-order valence-electron chi connectivity index (χ4n) is 14.3. The maximum atomic E-state index is 15.0. The van der Waals surface area contributed by atoms with Crippen molar-refractivity contribution in [3.63, 3.8) is 0 Å². The van der Waals surface area contributed by atoms with Crippen molar-refractivity contribution in [2.24, 2.45) is 46.5 Å². The van der Waals surface area contributed by atoms with Gasteiger partial charge in [-0.2, -0.15) is 0 Å². The maximum absolute atomic E-state index is 15.0. The fourth-order valence-corrected chi connectivity index (χ4v) is 15.8. The number of halogens is 1. The van der Waals surface area contributed by atoms with Gasteiger partial charge in [-0.15, -0.1) is 11.8 Å². The number of rotatable bonds is 48. The number of ether oxygens (including phenoxy) is 5. The average molecular weight is 1620 g/mol. The van der Waals surface area contributed by atoms with E-state index in [1.54, 1.807) is 71.1 Å². The largest absolute Gasteiger partial charge is 0.494 e. The number of Topliss-reactive ketones (excluding diaryl/α,β-unsaturated/α-hetero) is 1. The van der Waals surface area contributed by atoms with Crippen LogP contribution >= 0.6 is 11.8 Å². The van der Waals surface area contributed by atoms with Crippen molar-refractivity contribution in [1.29, 1.82) is 0 Å². The van der Waals surface area contributed by atoms with Crippen molar-refractivity contribution in [3.05, 3.63) is 59.4 Å². The number of hydrogen-bond donors (Lipinski definition) is 9. The van der Waals surface area contributed by atoms with E-state index in [4.69, 9.17) is 35.2 Å². The van der Waals surface area contributed by atoms with E-state index in [2.05, 4.69) is 37.2 Å². The second kappa shape index (κ2) is 45.8. The van der Waals surface area contributed by atoms with Crippen LogP contribution < -0.4 is 53.4 Å². The Bertz CT molecular complexity index is 3640. The zero-order chi connectivity index (χ0) is 85.0. The number of likely N-dealkylation sites (N-methyl/N-ethyl adjacent to an activating group) is 3. The molecule has 35 heteroatoms. The van der Waals surface area contributed by atoms with Gasteiger partial charge in [-0.3, -0.25) is 62.5 Å². The molecule has 2 aromatic rings. The summed E-state index contributed by atoms with van der Waals surface area (Å²) in [6.07, 6.45) is -0.621. The second-order valence-corrected chi connectivity index (χ2v) is 32.4. The van der Waals surface area contributed by atoms with Crippen LogP contribution in [0.4, 0.5) is 24.5 Å². The lowest BCUT2D eigenvalue weighted by atomic mass is 9.89. The number of nitrogens with zero attached hydrogens (tertiary/aromatic N) is 5. The Balaban J connectivity index is 1.17.